The third kappa shape index (κ3) is 3.53. The van der Waals surface area contributed by atoms with Crippen molar-refractivity contribution >= 4 is 29.1 Å². The summed E-state index contributed by atoms with van der Waals surface area (Å²) in [5.74, 6) is 1.35. The first-order valence-electron chi connectivity index (χ1n) is 9.90. The molecule has 8 nitrogen and oxygen atoms in total. The third-order valence-corrected chi connectivity index (χ3v) is 5.39. The molecule has 8 heteroatoms. The third-order valence-electron chi connectivity index (χ3n) is 5.39. The SMILES string of the molecule is CN1CCN(c2ccc(Nc3ncc4ccc(-c5ccc(C=O)o5)n4n3)cc2)CC1. The molecule has 1 N–H and O–H groups in total. The Morgan fingerprint density at radius 1 is 1.00 bits per heavy atom. The molecule has 0 radical (unpaired) electrons. The fourth-order valence-corrected chi connectivity index (χ4v) is 3.65. The van der Waals surface area contributed by atoms with E-state index in [9.17, 15) is 4.79 Å². The molecule has 4 heterocycles. The van der Waals surface area contributed by atoms with Gasteiger partial charge in [-0.05, 0) is 55.6 Å². The number of furan rings is 1. The lowest BCUT2D eigenvalue weighted by Gasteiger charge is -2.34. The number of nitrogens with zero attached hydrogens (tertiary/aromatic N) is 5. The lowest BCUT2D eigenvalue weighted by molar-refractivity contribution is 0.110. The zero-order chi connectivity index (χ0) is 20.5. The smallest absolute Gasteiger partial charge is 0.245 e. The van der Waals surface area contributed by atoms with E-state index in [1.807, 2.05) is 24.3 Å². The largest absolute Gasteiger partial charge is 0.452 e. The van der Waals surface area contributed by atoms with Gasteiger partial charge in [-0.25, -0.2) is 9.50 Å². The molecule has 0 spiro atoms. The molecule has 1 saturated heterocycles. The number of fused-ring (bicyclic) bond motifs is 1. The van der Waals surface area contributed by atoms with Crippen LogP contribution in [0.3, 0.4) is 0 Å². The van der Waals surface area contributed by atoms with Crippen LogP contribution in [-0.4, -0.2) is 59.0 Å². The minimum atomic E-state index is 0.285. The monoisotopic (exact) mass is 402 g/mol. The molecule has 1 aromatic carbocycles. The second-order valence-corrected chi connectivity index (χ2v) is 7.42. The van der Waals surface area contributed by atoms with Crippen molar-refractivity contribution in [3.05, 3.63) is 60.5 Å². The topological polar surface area (TPSA) is 78.9 Å². The average molecular weight is 402 g/mol. The Morgan fingerprint density at radius 2 is 1.80 bits per heavy atom. The summed E-state index contributed by atoms with van der Waals surface area (Å²) < 4.78 is 7.29. The first-order valence-corrected chi connectivity index (χ1v) is 9.90. The number of carbonyl (C=O) groups excluding carboxylic acids is 1. The van der Waals surface area contributed by atoms with Crippen molar-refractivity contribution in [3.63, 3.8) is 0 Å². The standard InChI is InChI=1S/C22H22N6O2/c1-26-10-12-27(13-11-26)17-4-2-16(3-5-17)24-22-23-14-18-6-8-20(28(18)25-22)21-9-7-19(15-29)30-21/h2-9,14-15H,10-13H2,1H3,(H,24,25). The van der Waals surface area contributed by atoms with Gasteiger partial charge in [-0.2, -0.15) is 0 Å². The zero-order valence-electron chi connectivity index (χ0n) is 16.7. The summed E-state index contributed by atoms with van der Waals surface area (Å²) in [6.07, 6.45) is 2.44. The molecule has 0 aliphatic carbocycles. The summed E-state index contributed by atoms with van der Waals surface area (Å²) in [4.78, 5) is 20.1. The van der Waals surface area contributed by atoms with Crippen LogP contribution in [0.15, 0.2) is 59.1 Å². The van der Waals surface area contributed by atoms with E-state index in [-0.39, 0.29) is 5.76 Å². The normalized spacial score (nSPS) is 14.9. The number of likely N-dealkylation sites (N-methyl/N-ethyl adjacent to an activating group) is 1. The maximum atomic E-state index is 10.9. The van der Waals surface area contributed by atoms with E-state index in [1.54, 1.807) is 22.8 Å². The van der Waals surface area contributed by atoms with Crippen molar-refractivity contribution in [2.24, 2.45) is 0 Å². The van der Waals surface area contributed by atoms with Crippen LogP contribution in [-0.2, 0) is 0 Å². The Labute approximate surface area is 173 Å². The van der Waals surface area contributed by atoms with Gasteiger partial charge in [0.1, 0.15) is 5.69 Å². The molecule has 0 saturated carbocycles. The highest BCUT2D eigenvalue weighted by atomic mass is 16.3. The lowest BCUT2D eigenvalue weighted by atomic mass is 10.2. The Hall–Kier alpha value is -3.65. The molecule has 0 atom stereocenters. The Balaban J connectivity index is 1.36. The van der Waals surface area contributed by atoms with Crippen LogP contribution in [0.4, 0.5) is 17.3 Å². The molecule has 0 unspecified atom stereocenters. The molecular weight excluding hydrogens is 380 g/mol. The Morgan fingerprint density at radius 3 is 2.53 bits per heavy atom. The number of rotatable bonds is 5. The van der Waals surface area contributed by atoms with E-state index in [2.05, 4.69) is 44.4 Å². The maximum Gasteiger partial charge on any atom is 0.245 e. The molecule has 152 valence electrons. The van der Waals surface area contributed by atoms with Crippen molar-refractivity contribution in [1.82, 2.24) is 19.5 Å². The Kier molecular flexibility index (Phi) is 4.68. The van der Waals surface area contributed by atoms with Gasteiger partial charge in [0, 0.05) is 37.6 Å². The van der Waals surface area contributed by atoms with Crippen molar-refractivity contribution in [1.29, 1.82) is 0 Å². The molecule has 30 heavy (non-hydrogen) atoms. The van der Waals surface area contributed by atoms with Crippen LogP contribution in [0.2, 0.25) is 0 Å². The van der Waals surface area contributed by atoms with E-state index in [0.717, 1.165) is 43.1 Å². The van der Waals surface area contributed by atoms with Crippen molar-refractivity contribution in [2.75, 3.05) is 43.4 Å². The van der Waals surface area contributed by atoms with Gasteiger partial charge in [0.05, 0.1) is 11.7 Å². The second-order valence-electron chi connectivity index (χ2n) is 7.42. The molecule has 1 fully saturated rings. The van der Waals surface area contributed by atoms with Gasteiger partial charge >= 0.3 is 0 Å². The number of nitrogens with one attached hydrogen (secondary N) is 1. The summed E-state index contributed by atoms with van der Waals surface area (Å²) in [6, 6.07) is 15.5. The molecule has 0 amide bonds. The minimum Gasteiger partial charge on any atom is -0.452 e. The van der Waals surface area contributed by atoms with E-state index in [1.165, 1.54) is 5.69 Å². The number of anilines is 3. The van der Waals surface area contributed by atoms with Gasteiger partial charge in [0.25, 0.3) is 0 Å². The van der Waals surface area contributed by atoms with E-state index in [0.29, 0.717) is 18.0 Å². The number of carbonyl (C=O) groups is 1. The van der Waals surface area contributed by atoms with E-state index in [4.69, 9.17) is 4.42 Å². The lowest BCUT2D eigenvalue weighted by Crippen LogP contribution is -2.44. The zero-order valence-corrected chi connectivity index (χ0v) is 16.7. The van der Waals surface area contributed by atoms with Crippen LogP contribution in [0.5, 0.6) is 0 Å². The highest BCUT2D eigenvalue weighted by Gasteiger charge is 2.14. The van der Waals surface area contributed by atoms with E-state index < -0.39 is 0 Å². The molecule has 5 rings (SSSR count). The fourth-order valence-electron chi connectivity index (χ4n) is 3.65. The second kappa shape index (κ2) is 7.64. The number of benzene rings is 1. The van der Waals surface area contributed by atoms with Crippen LogP contribution in [0, 0.1) is 0 Å². The number of aromatic nitrogens is 3. The summed E-state index contributed by atoms with van der Waals surface area (Å²) in [5.41, 5.74) is 3.74. The molecule has 1 aliphatic heterocycles. The van der Waals surface area contributed by atoms with Gasteiger partial charge in [-0.15, -0.1) is 5.10 Å². The highest BCUT2D eigenvalue weighted by Crippen LogP contribution is 2.25. The number of aldehydes is 1. The van der Waals surface area contributed by atoms with E-state index >= 15 is 0 Å². The van der Waals surface area contributed by atoms with Crippen molar-refractivity contribution in [2.45, 2.75) is 0 Å². The van der Waals surface area contributed by atoms with Gasteiger partial charge in [0.2, 0.25) is 5.95 Å². The van der Waals surface area contributed by atoms with Gasteiger partial charge in [-0.3, -0.25) is 4.79 Å². The molecule has 1 aliphatic rings. The molecule has 3 aromatic heterocycles. The fraction of sp³-hybridized carbons (Fsp3) is 0.227. The quantitative estimate of drug-likeness (QED) is 0.513. The predicted octanol–water partition coefficient (Wildman–Crippen LogP) is 3.30. The summed E-state index contributed by atoms with van der Waals surface area (Å²) in [6.45, 7) is 4.24. The van der Waals surface area contributed by atoms with Gasteiger partial charge in [0.15, 0.2) is 17.8 Å². The molecular formula is C22H22N6O2. The van der Waals surface area contributed by atoms with Crippen molar-refractivity contribution < 1.29 is 9.21 Å². The van der Waals surface area contributed by atoms with Crippen molar-refractivity contribution in [3.8, 4) is 11.5 Å². The molecule has 4 aromatic rings. The summed E-state index contributed by atoms with van der Waals surface area (Å²) in [7, 11) is 2.16. The van der Waals surface area contributed by atoms with Crippen LogP contribution < -0.4 is 10.2 Å². The van der Waals surface area contributed by atoms with Gasteiger partial charge in [-0.1, -0.05) is 0 Å². The van der Waals surface area contributed by atoms with Crippen LogP contribution in [0.25, 0.3) is 17.0 Å². The summed E-state index contributed by atoms with van der Waals surface area (Å²) >= 11 is 0. The van der Waals surface area contributed by atoms with Crippen LogP contribution >= 0.6 is 0 Å². The first-order chi connectivity index (χ1) is 14.7. The minimum absolute atomic E-state index is 0.285. The summed E-state index contributed by atoms with van der Waals surface area (Å²) in [5, 5.41) is 7.85. The average Bonchev–Trinajstić information content (AvgIpc) is 3.41. The number of hydrogen-bond donors (Lipinski definition) is 1. The van der Waals surface area contributed by atoms with Gasteiger partial charge < -0.3 is 19.5 Å². The molecule has 0 bridgehead atoms. The van der Waals surface area contributed by atoms with Crippen LogP contribution in [0.1, 0.15) is 10.6 Å². The maximum absolute atomic E-state index is 10.9. The predicted molar refractivity (Wildman–Crippen MR) is 116 cm³/mol. The number of hydrogen-bond acceptors (Lipinski definition) is 7. The first kappa shape index (κ1) is 18.4. The highest BCUT2D eigenvalue weighted by molar-refractivity contribution is 5.73. The number of piperazine rings is 1. The Bertz CT molecular complexity index is 1170.